The molecule has 0 amide bonds. The molecule has 0 radical (unpaired) electrons. The Morgan fingerprint density at radius 3 is 2.67 bits per heavy atom. The van der Waals surface area contributed by atoms with Gasteiger partial charge in [-0.1, -0.05) is 49.6 Å². The van der Waals surface area contributed by atoms with Gasteiger partial charge in [-0.15, -0.1) is 11.3 Å². The molecule has 0 unspecified atom stereocenters. The van der Waals surface area contributed by atoms with Crippen LogP contribution in [0, 0.1) is 0 Å². The van der Waals surface area contributed by atoms with Crippen molar-refractivity contribution >= 4 is 22.5 Å². The van der Waals surface area contributed by atoms with Crippen molar-refractivity contribution in [3.8, 4) is 16.2 Å². The number of hydrogen-bond acceptors (Lipinski definition) is 5. The molecular formula is C19H23NO3S. The number of nitrogens with one attached hydrogen (secondary N) is 1. The van der Waals surface area contributed by atoms with Crippen LogP contribution in [0.1, 0.15) is 39.0 Å². The molecule has 1 aliphatic rings. The highest BCUT2D eigenvalue weighted by molar-refractivity contribution is 7.19. The standard InChI is InChI=1S/C19H23NO3S/c1-2-22-19(21)23-16-13-17(14-9-5-3-6-10-14)24-18(16)20-15-11-7-4-8-12-15/h3,5-6,9-10,13,15,20H,2,4,7-8,11-12H2,1H3. The van der Waals surface area contributed by atoms with E-state index in [4.69, 9.17) is 9.47 Å². The van der Waals surface area contributed by atoms with Crippen LogP contribution in [0.15, 0.2) is 36.4 Å². The molecule has 1 saturated carbocycles. The maximum Gasteiger partial charge on any atom is 0.513 e. The molecule has 4 nitrogen and oxygen atoms in total. The maximum atomic E-state index is 11.7. The highest BCUT2D eigenvalue weighted by atomic mass is 32.1. The fraction of sp³-hybridized carbons (Fsp3) is 0.421. The maximum absolute atomic E-state index is 11.7. The first-order valence-corrected chi connectivity index (χ1v) is 9.38. The van der Waals surface area contributed by atoms with Gasteiger partial charge in [-0.05, 0) is 25.3 Å². The van der Waals surface area contributed by atoms with Gasteiger partial charge >= 0.3 is 6.16 Å². The van der Waals surface area contributed by atoms with Crippen molar-refractivity contribution in [3.05, 3.63) is 36.4 Å². The zero-order valence-electron chi connectivity index (χ0n) is 13.9. The van der Waals surface area contributed by atoms with Crippen LogP contribution in [0.2, 0.25) is 0 Å². The van der Waals surface area contributed by atoms with E-state index in [1.807, 2.05) is 24.3 Å². The summed E-state index contributed by atoms with van der Waals surface area (Å²) in [6, 6.07) is 12.5. The second-order valence-electron chi connectivity index (χ2n) is 5.93. The topological polar surface area (TPSA) is 47.6 Å². The van der Waals surface area contributed by atoms with Crippen LogP contribution in [0.4, 0.5) is 9.80 Å². The van der Waals surface area contributed by atoms with Crippen LogP contribution in [-0.2, 0) is 4.74 Å². The third kappa shape index (κ3) is 4.29. The monoisotopic (exact) mass is 345 g/mol. The van der Waals surface area contributed by atoms with Gasteiger partial charge < -0.3 is 14.8 Å². The van der Waals surface area contributed by atoms with Gasteiger partial charge in [0, 0.05) is 17.0 Å². The van der Waals surface area contributed by atoms with E-state index in [0.717, 1.165) is 28.3 Å². The summed E-state index contributed by atoms with van der Waals surface area (Å²) in [6.07, 6.45) is 5.49. The second kappa shape index (κ2) is 8.20. The van der Waals surface area contributed by atoms with E-state index in [-0.39, 0.29) is 0 Å². The van der Waals surface area contributed by atoms with Gasteiger partial charge in [-0.25, -0.2) is 4.79 Å². The highest BCUT2D eigenvalue weighted by Crippen LogP contribution is 2.42. The Labute approximate surface area is 146 Å². The minimum Gasteiger partial charge on any atom is -0.434 e. The Bertz CT molecular complexity index is 663. The van der Waals surface area contributed by atoms with Crippen molar-refractivity contribution in [2.24, 2.45) is 0 Å². The van der Waals surface area contributed by atoms with Gasteiger partial charge in [0.25, 0.3) is 0 Å². The van der Waals surface area contributed by atoms with Crippen LogP contribution in [0.25, 0.3) is 10.4 Å². The number of carbonyl (C=O) groups excluding carboxylic acids is 1. The number of hydrogen-bond donors (Lipinski definition) is 1. The Balaban J connectivity index is 1.83. The minimum atomic E-state index is -0.651. The van der Waals surface area contributed by atoms with Gasteiger partial charge in [-0.3, -0.25) is 0 Å². The number of carbonyl (C=O) groups is 1. The van der Waals surface area contributed by atoms with E-state index < -0.39 is 6.16 Å². The molecule has 0 saturated heterocycles. The Hall–Kier alpha value is -2.01. The summed E-state index contributed by atoms with van der Waals surface area (Å²) in [6.45, 7) is 2.07. The molecule has 1 aromatic heterocycles. The quantitative estimate of drug-likeness (QED) is 0.707. The average molecular weight is 345 g/mol. The average Bonchev–Trinajstić information content (AvgIpc) is 2.99. The smallest absolute Gasteiger partial charge is 0.434 e. The first kappa shape index (κ1) is 16.8. The summed E-state index contributed by atoms with van der Waals surface area (Å²) >= 11 is 1.62. The van der Waals surface area contributed by atoms with Gasteiger partial charge in [0.1, 0.15) is 5.00 Å². The summed E-state index contributed by atoms with van der Waals surface area (Å²) in [5.74, 6) is 0.558. The molecule has 0 atom stereocenters. The van der Waals surface area contributed by atoms with Crippen molar-refractivity contribution in [1.29, 1.82) is 0 Å². The minimum absolute atomic E-state index is 0.305. The predicted molar refractivity (Wildman–Crippen MR) is 97.9 cm³/mol. The molecule has 1 N–H and O–H groups in total. The summed E-state index contributed by atoms with van der Waals surface area (Å²) in [7, 11) is 0. The SMILES string of the molecule is CCOC(=O)Oc1cc(-c2ccccc2)sc1NC1CCCCC1. The van der Waals surface area contributed by atoms with Crippen molar-refractivity contribution in [2.45, 2.75) is 45.1 Å². The van der Waals surface area contributed by atoms with E-state index in [0.29, 0.717) is 18.4 Å². The zero-order chi connectivity index (χ0) is 16.8. The van der Waals surface area contributed by atoms with E-state index >= 15 is 0 Å². The summed E-state index contributed by atoms with van der Waals surface area (Å²) < 4.78 is 10.3. The van der Waals surface area contributed by atoms with Gasteiger partial charge in [0.2, 0.25) is 0 Å². The molecule has 1 heterocycles. The predicted octanol–water partition coefficient (Wildman–Crippen LogP) is 5.70. The molecule has 0 spiro atoms. The molecule has 3 rings (SSSR count). The van der Waals surface area contributed by atoms with E-state index in [9.17, 15) is 4.79 Å². The van der Waals surface area contributed by atoms with Crippen molar-refractivity contribution in [3.63, 3.8) is 0 Å². The Morgan fingerprint density at radius 1 is 1.21 bits per heavy atom. The van der Waals surface area contributed by atoms with Crippen LogP contribution >= 0.6 is 11.3 Å². The third-order valence-corrected chi connectivity index (χ3v) is 5.25. The zero-order valence-corrected chi connectivity index (χ0v) is 14.7. The van der Waals surface area contributed by atoms with Gasteiger partial charge in [0.15, 0.2) is 5.75 Å². The Kier molecular flexibility index (Phi) is 5.75. The molecule has 1 aromatic carbocycles. The Morgan fingerprint density at radius 2 is 1.96 bits per heavy atom. The van der Waals surface area contributed by atoms with Crippen molar-refractivity contribution in [2.75, 3.05) is 11.9 Å². The van der Waals surface area contributed by atoms with Gasteiger partial charge in [0.05, 0.1) is 6.61 Å². The van der Waals surface area contributed by atoms with Crippen LogP contribution in [0.5, 0.6) is 5.75 Å². The lowest BCUT2D eigenvalue weighted by molar-refractivity contribution is 0.104. The summed E-state index contributed by atoms with van der Waals surface area (Å²) in [4.78, 5) is 12.8. The third-order valence-electron chi connectivity index (χ3n) is 4.15. The molecular weight excluding hydrogens is 322 g/mol. The number of rotatable bonds is 5. The lowest BCUT2D eigenvalue weighted by Crippen LogP contribution is -2.22. The van der Waals surface area contributed by atoms with E-state index in [2.05, 4.69) is 17.4 Å². The number of benzene rings is 1. The first-order chi connectivity index (χ1) is 11.8. The van der Waals surface area contributed by atoms with Crippen LogP contribution < -0.4 is 10.1 Å². The van der Waals surface area contributed by atoms with E-state index in [1.165, 1.54) is 19.3 Å². The first-order valence-electron chi connectivity index (χ1n) is 8.56. The van der Waals surface area contributed by atoms with Crippen molar-refractivity contribution < 1.29 is 14.3 Å². The molecule has 1 aliphatic carbocycles. The molecule has 5 heteroatoms. The number of ether oxygens (including phenoxy) is 2. The number of thiophene rings is 1. The largest absolute Gasteiger partial charge is 0.513 e. The fourth-order valence-electron chi connectivity index (χ4n) is 2.96. The second-order valence-corrected chi connectivity index (χ2v) is 6.99. The van der Waals surface area contributed by atoms with Crippen LogP contribution in [0.3, 0.4) is 0 Å². The highest BCUT2D eigenvalue weighted by Gasteiger charge is 2.20. The molecule has 24 heavy (non-hydrogen) atoms. The fourth-order valence-corrected chi connectivity index (χ4v) is 4.03. The number of anilines is 1. The lowest BCUT2D eigenvalue weighted by atomic mass is 9.96. The summed E-state index contributed by atoms with van der Waals surface area (Å²) in [5.41, 5.74) is 1.12. The van der Waals surface area contributed by atoms with Crippen molar-refractivity contribution in [1.82, 2.24) is 0 Å². The molecule has 128 valence electrons. The van der Waals surface area contributed by atoms with E-state index in [1.54, 1.807) is 18.3 Å². The lowest BCUT2D eigenvalue weighted by Gasteiger charge is -2.23. The molecule has 0 bridgehead atoms. The normalized spacial score (nSPS) is 15.0. The molecule has 1 fully saturated rings. The van der Waals surface area contributed by atoms with Gasteiger partial charge in [-0.2, -0.15) is 0 Å². The summed E-state index contributed by atoms with van der Waals surface area (Å²) in [5, 5.41) is 4.48. The molecule has 2 aromatic rings. The van der Waals surface area contributed by atoms with Crippen LogP contribution in [-0.4, -0.2) is 18.8 Å². The molecule has 0 aliphatic heterocycles.